The first-order valence-electron chi connectivity index (χ1n) is 7.69. The fourth-order valence-corrected chi connectivity index (χ4v) is 3.66. The van der Waals surface area contributed by atoms with Gasteiger partial charge in [-0.1, -0.05) is 12.1 Å². The molecule has 0 saturated carbocycles. The third-order valence-corrected chi connectivity index (χ3v) is 5.14. The van der Waals surface area contributed by atoms with Crippen LogP contribution in [0.25, 0.3) is 6.08 Å². The molecule has 2 aliphatic rings. The number of benzene rings is 1. The molecule has 4 rings (SSSR count). The number of rotatable bonds is 3. The maximum Gasteiger partial charge on any atom is 0.246 e. The Hall–Kier alpha value is -2.27. The Labute approximate surface area is 138 Å². The standard InChI is InChI=1S/C18H17NO3S/c20-18(6-4-15-2-1-9-23-15)19-8-7-14(11-19)13-3-5-16-17(10-13)22-12-21-16/h1-6,9-10,14H,7-8,11-12H2/b6-4+. The highest BCUT2D eigenvalue weighted by Gasteiger charge is 2.27. The van der Waals surface area contributed by atoms with Crippen molar-refractivity contribution in [2.45, 2.75) is 12.3 Å². The van der Waals surface area contributed by atoms with E-state index in [1.54, 1.807) is 17.4 Å². The van der Waals surface area contributed by atoms with Crippen molar-refractivity contribution in [3.05, 3.63) is 52.2 Å². The van der Waals surface area contributed by atoms with Crippen LogP contribution in [0.15, 0.2) is 41.8 Å². The first-order valence-corrected chi connectivity index (χ1v) is 8.57. The number of ether oxygens (including phenoxy) is 2. The van der Waals surface area contributed by atoms with Gasteiger partial charge in [-0.15, -0.1) is 11.3 Å². The maximum absolute atomic E-state index is 12.3. The molecule has 2 aliphatic heterocycles. The summed E-state index contributed by atoms with van der Waals surface area (Å²) in [6.07, 6.45) is 4.55. The number of carbonyl (C=O) groups excluding carboxylic acids is 1. The molecule has 1 unspecified atom stereocenters. The van der Waals surface area contributed by atoms with Gasteiger partial charge in [-0.2, -0.15) is 0 Å². The van der Waals surface area contributed by atoms with E-state index in [2.05, 4.69) is 6.07 Å². The summed E-state index contributed by atoms with van der Waals surface area (Å²) in [6, 6.07) is 10.1. The fraction of sp³-hybridized carbons (Fsp3) is 0.278. The van der Waals surface area contributed by atoms with Gasteiger partial charge in [0.15, 0.2) is 11.5 Å². The number of hydrogen-bond acceptors (Lipinski definition) is 4. The van der Waals surface area contributed by atoms with Gasteiger partial charge in [-0.25, -0.2) is 0 Å². The zero-order chi connectivity index (χ0) is 15.6. The molecule has 1 amide bonds. The molecule has 1 atom stereocenters. The maximum atomic E-state index is 12.3. The van der Waals surface area contributed by atoms with Crippen LogP contribution < -0.4 is 9.47 Å². The lowest BCUT2D eigenvalue weighted by Crippen LogP contribution is -2.26. The van der Waals surface area contributed by atoms with Gasteiger partial charge >= 0.3 is 0 Å². The molecule has 0 spiro atoms. The van der Waals surface area contributed by atoms with Crippen LogP contribution in [0, 0.1) is 0 Å². The van der Waals surface area contributed by atoms with E-state index >= 15 is 0 Å². The summed E-state index contributed by atoms with van der Waals surface area (Å²) < 4.78 is 10.8. The summed E-state index contributed by atoms with van der Waals surface area (Å²) in [5.41, 5.74) is 1.21. The van der Waals surface area contributed by atoms with E-state index < -0.39 is 0 Å². The summed E-state index contributed by atoms with van der Waals surface area (Å²) in [5, 5.41) is 2.01. The molecule has 4 nitrogen and oxygen atoms in total. The van der Waals surface area contributed by atoms with Crippen LogP contribution in [-0.2, 0) is 4.79 Å². The third kappa shape index (κ3) is 2.97. The van der Waals surface area contributed by atoms with E-state index in [1.807, 2.05) is 40.6 Å². The minimum Gasteiger partial charge on any atom is -0.454 e. The molecule has 1 saturated heterocycles. The van der Waals surface area contributed by atoms with Crippen molar-refractivity contribution >= 4 is 23.3 Å². The number of thiophene rings is 1. The molecule has 0 bridgehead atoms. The van der Waals surface area contributed by atoms with Crippen molar-refractivity contribution in [1.29, 1.82) is 0 Å². The smallest absolute Gasteiger partial charge is 0.246 e. The minimum absolute atomic E-state index is 0.0849. The fourth-order valence-electron chi connectivity index (χ4n) is 3.04. The second-order valence-electron chi connectivity index (χ2n) is 5.73. The van der Waals surface area contributed by atoms with Crippen molar-refractivity contribution < 1.29 is 14.3 Å². The topological polar surface area (TPSA) is 38.8 Å². The van der Waals surface area contributed by atoms with Crippen molar-refractivity contribution in [1.82, 2.24) is 4.90 Å². The second-order valence-corrected chi connectivity index (χ2v) is 6.71. The Bertz CT molecular complexity index is 739. The molecule has 23 heavy (non-hydrogen) atoms. The highest BCUT2D eigenvalue weighted by molar-refractivity contribution is 7.10. The average molecular weight is 327 g/mol. The lowest BCUT2D eigenvalue weighted by Gasteiger charge is -2.15. The zero-order valence-electron chi connectivity index (χ0n) is 12.6. The van der Waals surface area contributed by atoms with Crippen LogP contribution in [0.4, 0.5) is 0 Å². The monoisotopic (exact) mass is 327 g/mol. The predicted molar refractivity (Wildman–Crippen MR) is 89.9 cm³/mol. The molecule has 1 aromatic carbocycles. The lowest BCUT2D eigenvalue weighted by atomic mass is 9.98. The summed E-state index contributed by atoms with van der Waals surface area (Å²) in [6.45, 7) is 1.85. The average Bonchev–Trinajstić information content (AvgIpc) is 3.32. The SMILES string of the molecule is O=C(/C=C/c1cccs1)N1CCC(c2ccc3c(c2)OCO3)C1. The van der Waals surface area contributed by atoms with E-state index in [-0.39, 0.29) is 5.91 Å². The third-order valence-electron chi connectivity index (χ3n) is 4.30. The highest BCUT2D eigenvalue weighted by atomic mass is 32.1. The number of hydrogen-bond donors (Lipinski definition) is 0. The first-order chi connectivity index (χ1) is 11.3. The summed E-state index contributed by atoms with van der Waals surface area (Å²) in [5.74, 6) is 2.06. The van der Waals surface area contributed by atoms with Gasteiger partial charge in [0.2, 0.25) is 12.7 Å². The van der Waals surface area contributed by atoms with Gasteiger partial charge in [0.05, 0.1) is 0 Å². The molecule has 0 radical (unpaired) electrons. The van der Waals surface area contributed by atoms with Crippen LogP contribution in [0.1, 0.15) is 22.8 Å². The van der Waals surface area contributed by atoms with Gasteiger partial charge in [0.25, 0.3) is 0 Å². The summed E-state index contributed by atoms with van der Waals surface area (Å²) >= 11 is 1.63. The van der Waals surface area contributed by atoms with Crippen LogP contribution in [0.5, 0.6) is 11.5 Å². The van der Waals surface area contributed by atoms with Crippen molar-refractivity contribution in [2.75, 3.05) is 19.9 Å². The molecular formula is C18H17NO3S. The summed E-state index contributed by atoms with van der Waals surface area (Å²) in [7, 11) is 0. The van der Waals surface area contributed by atoms with Gasteiger partial charge in [0, 0.05) is 30.0 Å². The Morgan fingerprint density at radius 3 is 3.04 bits per heavy atom. The quantitative estimate of drug-likeness (QED) is 0.810. The van der Waals surface area contributed by atoms with Crippen molar-refractivity contribution in [2.24, 2.45) is 0 Å². The van der Waals surface area contributed by atoms with Crippen molar-refractivity contribution in [3.8, 4) is 11.5 Å². The largest absolute Gasteiger partial charge is 0.454 e. The Kier molecular flexibility index (Phi) is 3.79. The Morgan fingerprint density at radius 1 is 1.26 bits per heavy atom. The van der Waals surface area contributed by atoms with Crippen LogP contribution >= 0.6 is 11.3 Å². The van der Waals surface area contributed by atoms with E-state index in [9.17, 15) is 4.79 Å². The predicted octanol–water partition coefficient (Wildman–Crippen LogP) is 3.51. The Morgan fingerprint density at radius 2 is 2.17 bits per heavy atom. The van der Waals surface area contributed by atoms with Gasteiger partial charge in [0.1, 0.15) is 0 Å². The highest BCUT2D eigenvalue weighted by Crippen LogP contribution is 2.37. The zero-order valence-corrected chi connectivity index (χ0v) is 13.4. The van der Waals surface area contributed by atoms with Gasteiger partial charge in [-0.3, -0.25) is 4.79 Å². The number of carbonyl (C=O) groups is 1. The van der Waals surface area contributed by atoms with E-state index in [1.165, 1.54) is 5.56 Å². The van der Waals surface area contributed by atoms with E-state index in [0.29, 0.717) is 12.7 Å². The number of likely N-dealkylation sites (tertiary alicyclic amines) is 1. The van der Waals surface area contributed by atoms with Gasteiger partial charge in [-0.05, 0) is 41.6 Å². The lowest BCUT2D eigenvalue weighted by molar-refractivity contribution is -0.124. The van der Waals surface area contributed by atoms with Crippen LogP contribution in [0.3, 0.4) is 0 Å². The van der Waals surface area contributed by atoms with E-state index in [4.69, 9.17) is 9.47 Å². The molecule has 1 fully saturated rings. The molecule has 5 heteroatoms. The normalized spacial score (nSPS) is 19.7. The van der Waals surface area contributed by atoms with Crippen molar-refractivity contribution in [3.63, 3.8) is 0 Å². The molecule has 3 heterocycles. The van der Waals surface area contributed by atoms with Gasteiger partial charge < -0.3 is 14.4 Å². The van der Waals surface area contributed by atoms with Crippen LogP contribution in [0.2, 0.25) is 0 Å². The second kappa shape index (κ2) is 6.08. The molecule has 0 aliphatic carbocycles. The molecule has 0 N–H and O–H groups in total. The molecule has 2 aromatic rings. The van der Waals surface area contributed by atoms with E-state index in [0.717, 1.165) is 35.9 Å². The Balaban J connectivity index is 1.41. The molecular weight excluding hydrogens is 310 g/mol. The number of fused-ring (bicyclic) bond motifs is 1. The molecule has 118 valence electrons. The number of nitrogens with zero attached hydrogens (tertiary/aromatic N) is 1. The van der Waals surface area contributed by atoms with Crippen LogP contribution in [-0.4, -0.2) is 30.7 Å². The molecule has 1 aromatic heterocycles. The number of amides is 1. The minimum atomic E-state index is 0.0849. The summed E-state index contributed by atoms with van der Waals surface area (Å²) in [4.78, 5) is 15.3. The first kappa shape index (κ1) is 14.3.